The average molecular weight is 430 g/mol. The summed E-state index contributed by atoms with van der Waals surface area (Å²) in [5.41, 5.74) is 3.12. The van der Waals surface area contributed by atoms with Crippen molar-refractivity contribution in [3.8, 4) is 11.4 Å². The minimum absolute atomic E-state index is 0.208. The lowest BCUT2D eigenvalue weighted by molar-refractivity contribution is -0.114. The maximum atomic E-state index is 13.0. The van der Waals surface area contributed by atoms with Gasteiger partial charge in [-0.05, 0) is 48.5 Å². The molecular weight excluding hydrogens is 414 g/mol. The van der Waals surface area contributed by atoms with E-state index in [0.29, 0.717) is 21.9 Å². The highest BCUT2D eigenvalue weighted by Gasteiger charge is 2.13. The molecule has 5 aromatic rings. The molecule has 0 saturated heterocycles. The minimum Gasteiger partial charge on any atom is -0.325 e. The van der Waals surface area contributed by atoms with Crippen LogP contribution in [0.1, 0.15) is 6.92 Å². The molecule has 0 radical (unpaired) electrons. The van der Waals surface area contributed by atoms with Crippen LogP contribution in [0.3, 0.4) is 0 Å². The third kappa shape index (κ3) is 3.35. The predicted molar refractivity (Wildman–Crippen MR) is 121 cm³/mol. The van der Waals surface area contributed by atoms with Crippen molar-refractivity contribution in [2.45, 2.75) is 6.92 Å². The summed E-state index contributed by atoms with van der Waals surface area (Å²) in [5.74, 6) is -0.247. The summed E-state index contributed by atoms with van der Waals surface area (Å²) in [7, 11) is 0. The lowest BCUT2D eigenvalue weighted by Gasteiger charge is -2.15. The normalized spacial score (nSPS) is 11.2. The fourth-order valence-corrected chi connectivity index (χ4v) is 3.82. The van der Waals surface area contributed by atoms with E-state index >= 15 is 0 Å². The molecule has 7 nitrogen and oxygen atoms in total. The topological polar surface area (TPSA) is 81.8 Å². The summed E-state index contributed by atoms with van der Waals surface area (Å²) in [6.07, 6.45) is 5.30. The molecule has 5 rings (SSSR count). The third-order valence-corrected chi connectivity index (χ3v) is 5.32. The first-order valence-electron chi connectivity index (χ1n) is 9.53. The number of amides is 1. The number of fused-ring (bicyclic) bond motifs is 3. The van der Waals surface area contributed by atoms with E-state index in [0.717, 1.165) is 22.0 Å². The molecule has 2 aromatic carbocycles. The summed E-state index contributed by atoms with van der Waals surface area (Å²) in [4.78, 5) is 29.1. The molecule has 0 aliphatic rings. The number of hydrogen-bond donors (Lipinski definition) is 1. The van der Waals surface area contributed by atoms with Crippen molar-refractivity contribution in [2.24, 2.45) is 0 Å². The smallest absolute Gasteiger partial charge is 0.255 e. The lowest BCUT2D eigenvalue weighted by Crippen LogP contribution is -2.18. The molecule has 0 unspecified atom stereocenters. The summed E-state index contributed by atoms with van der Waals surface area (Å²) < 4.78 is 3.36. The SMILES string of the molecule is CC(=O)Nc1cc(-n2c(=O)ccc3cnc4ccc(-n5cccn5)cc4c32)ccc1Cl. The lowest BCUT2D eigenvalue weighted by atomic mass is 10.1. The van der Waals surface area contributed by atoms with E-state index < -0.39 is 0 Å². The molecule has 1 amide bonds. The number of carbonyl (C=O) groups is 1. The number of hydrogen-bond acceptors (Lipinski definition) is 4. The van der Waals surface area contributed by atoms with Crippen molar-refractivity contribution in [1.82, 2.24) is 19.3 Å². The van der Waals surface area contributed by atoms with Gasteiger partial charge in [-0.15, -0.1) is 0 Å². The number of halogens is 1. The van der Waals surface area contributed by atoms with Crippen LogP contribution in [-0.2, 0) is 4.79 Å². The number of pyridine rings is 2. The molecule has 0 spiro atoms. The second-order valence-electron chi connectivity index (χ2n) is 7.07. The van der Waals surface area contributed by atoms with Crippen molar-refractivity contribution in [1.29, 1.82) is 0 Å². The molecule has 0 aliphatic heterocycles. The second kappa shape index (κ2) is 7.37. The maximum Gasteiger partial charge on any atom is 0.255 e. The molecule has 0 fully saturated rings. The zero-order valence-electron chi connectivity index (χ0n) is 16.4. The number of nitrogens with zero attached hydrogens (tertiary/aromatic N) is 4. The molecule has 0 atom stereocenters. The van der Waals surface area contributed by atoms with Gasteiger partial charge in [-0.3, -0.25) is 19.1 Å². The highest BCUT2D eigenvalue weighted by Crippen LogP contribution is 2.29. The van der Waals surface area contributed by atoms with Gasteiger partial charge < -0.3 is 5.32 Å². The van der Waals surface area contributed by atoms with E-state index in [9.17, 15) is 9.59 Å². The van der Waals surface area contributed by atoms with Crippen molar-refractivity contribution in [3.05, 3.63) is 88.6 Å². The van der Waals surface area contributed by atoms with E-state index in [1.54, 1.807) is 45.9 Å². The average Bonchev–Trinajstić information content (AvgIpc) is 3.29. The molecule has 1 N–H and O–H groups in total. The number of aromatic nitrogens is 4. The molecule has 0 bridgehead atoms. The van der Waals surface area contributed by atoms with Crippen LogP contribution in [-0.4, -0.2) is 25.2 Å². The van der Waals surface area contributed by atoms with Gasteiger partial charge in [0, 0.05) is 42.4 Å². The fraction of sp³-hybridized carbons (Fsp3) is 0.0435. The standard InChI is InChI=1S/C23H16ClN5O2/c1-14(30)27-21-12-17(4-6-19(21)24)29-22(31)8-3-15-13-25-20-7-5-16(11-18(20)23(15)29)28-10-2-9-26-28/h2-13H,1H3,(H,27,30). The number of nitrogens with one attached hydrogen (secondary N) is 1. The van der Waals surface area contributed by atoms with Gasteiger partial charge in [0.05, 0.1) is 33.1 Å². The first-order valence-corrected chi connectivity index (χ1v) is 9.91. The van der Waals surface area contributed by atoms with Crippen molar-refractivity contribution in [2.75, 3.05) is 5.32 Å². The predicted octanol–water partition coefficient (Wildman–Crippen LogP) is 4.34. The first kappa shape index (κ1) is 19.0. The Bertz CT molecular complexity index is 1520. The van der Waals surface area contributed by atoms with Crippen LogP contribution in [0.2, 0.25) is 5.02 Å². The van der Waals surface area contributed by atoms with Gasteiger partial charge in [0.25, 0.3) is 5.56 Å². The minimum atomic E-state index is -0.247. The summed E-state index contributed by atoms with van der Waals surface area (Å²) >= 11 is 6.24. The molecule has 31 heavy (non-hydrogen) atoms. The Kier molecular flexibility index (Phi) is 4.52. The van der Waals surface area contributed by atoms with Crippen LogP contribution in [0.4, 0.5) is 5.69 Å². The van der Waals surface area contributed by atoms with Crippen LogP contribution in [0.15, 0.2) is 78.0 Å². The summed E-state index contributed by atoms with van der Waals surface area (Å²) in [5, 5.41) is 9.00. The molecule has 3 heterocycles. The van der Waals surface area contributed by atoms with Gasteiger partial charge in [0.2, 0.25) is 5.91 Å². The molecule has 3 aromatic heterocycles. The summed E-state index contributed by atoms with van der Waals surface area (Å²) in [6, 6.07) is 16.0. The molecule has 0 aliphatic carbocycles. The molecule has 8 heteroatoms. The van der Waals surface area contributed by atoms with Crippen LogP contribution in [0, 0.1) is 0 Å². The van der Waals surface area contributed by atoms with E-state index in [1.165, 1.54) is 13.0 Å². The van der Waals surface area contributed by atoms with Gasteiger partial charge >= 0.3 is 0 Å². The Morgan fingerprint density at radius 1 is 1.06 bits per heavy atom. The van der Waals surface area contributed by atoms with Crippen molar-refractivity contribution in [3.63, 3.8) is 0 Å². The molecule has 152 valence electrons. The molecule has 0 saturated carbocycles. The highest BCUT2D eigenvalue weighted by atomic mass is 35.5. The third-order valence-electron chi connectivity index (χ3n) is 4.99. The maximum absolute atomic E-state index is 13.0. The van der Waals surface area contributed by atoms with Gasteiger partial charge in [-0.1, -0.05) is 11.6 Å². The number of anilines is 1. The van der Waals surface area contributed by atoms with E-state index in [-0.39, 0.29) is 11.5 Å². The fourth-order valence-electron chi connectivity index (χ4n) is 3.66. The van der Waals surface area contributed by atoms with Crippen LogP contribution < -0.4 is 10.9 Å². The summed E-state index contributed by atoms with van der Waals surface area (Å²) in [6.45, 7) is 1.41. The molecular formula is C23H16ClN5O2. The second-order valence-corrected chi connectivity index (χ2v) is 7.47. The van der Waals surface area contributed by atoms with Crippen LogP contribution in [0.25, 0.3) is 33.2 Å². The Hall–Kier alpha value is -3.97. The van der Waals surface area contributed by atoms with Crippen LogP contribution in [0.5, 0.6) is 0 Å². The first-order chi connectivity index (χ1) is 15.0. The van der Waals surface area contributed by atoms with Crippen molar-refractivity contribution >= 4 is 45.0 Å². The number of benzene rings is 2. The zero-order chi connectivity index (χ0) is 21.5. The Balaban J connectivity index is 1.84. The van der Waals surface area contributed by atoms with Gasteiger partial charge in [-0.2, -0.15) is 5.10 Å². The van der Waals surface area contributed by atoms with Crippen LogP contribution >= 0.6 is 11.6 Å². The monoisotopic (exact) mass is 429 g/mol. The van der Waals surface area contributed by atoms with Gasteiger partial charge in [-0.25, -0.2) is 4.68 Å². The van der Waals surface area contributed by atoms with E-state index in [2.05, 4.69) is 15.4 Å². The number of rotatable bonds is 3. The largest absolute Gasteiger partial charge is 0.325 e. The van der Waals surface area contributed by atoms with E-state index in [1.807, 2.05) is 30.5 Å². The Labute approximate surface area is 181 Å². The quantitative estimate of drug-likeness (QED) is 0.432. The Morgan fingerprint density at radius 2 is 1.90 bits per heavy atom. The van der Waals surface area contributed by atoms with E-state index in [4.69, 9.17) is 11.6 Å². The van der Waals surface area contributed by atoms with Gasteiger partial charge in [0.15, 0.2) is 0 Å². The van der Waals surface area contributed by atoms with Gasteiger partial charge in [0.1, 0.15) is 0 Å². The van der Waals surface area contributed by atoms with Crippen molar-refractivity contribution < 1.29 is 4.79 Å². The highest BCUT2D eigenvalue weighted by molar-refractivity contribution is 6.33. The number of carbonyl (C=O) groups excluding carboxylic acids is 1. The zero-order valence-corrected chi connectivity index (χ0v) is 17.2. The Morgan fingerprint density at radius 3 is 2.68 bits per heavy atom.